The standard InChI is InChI=1S/C13H20BrNO7/c1-6(16)15-10-12(21-8(3)18)11(20-7(2)17)9(5-14)22-13(10)19-4/h9-13H,5H2,1-4H3,(H,15,16)/t9-,10-,11-,12-,13+/m1/s1. The number of rotatable bonds is 5. The van der Waals surface area contributed by atoms with E-state index in [4.69, 9.17) is 18.9 Å². The van der Waals surface area contributed by atoms with E-state index in [0.717, 1.165) is 0 Å². The van der Waals surface area contributed by atoms with Gasteiger partial charge in [0.2, 0.25) is 5.91 Å². The van der Waals surface area contributed by atoms with E-state index in [1.165, 1.54) is 27.9 Å². The van der Waals surface area contributed by atoms with Crippen molar-refractivity contribution in [1.82, 2.24) is 5.32 Å². The van der Waals surface area contributed by atoms with Crippen LogP contribution in [0.25, 0.3) is 0 Å². The molecule has 0 saturated carbocycles. The summed E-state index contributed by atoms with van der Waals surface area (Å²) in [5, 5.41) is 2.94. The molecule has 9 heteroatoms. The smallest absolute Gasteiger partial charge is 0.303 e. The molecule has 126 valence electrons. The summed E-state index contributed by atoms with van der Waals surface area (Å²) >= 11 is 3.26. The zero-order valence-electron chi connectivity index (χ0n) is 12.8. The topological polar surface area (TPSA) is 100 Å². The van der Waals surface area contributed by atoms with E-state index in [1.54, 1.807) is 0 Å². The maximum Gasteiger partial charge on any atom is 0.303 e. The number of carbonyl (C=O) groups excluding carboxylic acids is 3. The van der Waals surface area contributed by atoms with Gasteiger partial charge in [-0.05, 0) is 0 Å². The average molecular weight is 382 g/mol. The molecule has 8 nitrogen and oxygen atoms in total. The Labute approximate surface area is 136 Å². The number of methoxy groups -OCH3 is 1. The minimum atomic E-state index is -0.924. The molecule has 0 radical (unpaired) electrons. The van der Waals surface area contributed by atoms with E-state index >= 15 is 0 Å². The van der Waals surface area contributed by atoms with Crippen molar-refractivity contribution in [3.63, 3.8) is 0 Å². The molecule has 1 fully saturated rings. The van der Waals surface area contributed by atoms with Gasteiger partial charge < -0.3 is 24.3 Å². The van der Waals surface area contributed by atoms with E-state index in [2.05, 4.69) is 21.2 Å². The van der Waals surface area contributed by atoms with Gasteiger partial charge in [-0.1, -0.05) is 15.9 Å². The Hall–Kier alpha value is -1.19. The average Bonchev–Trinajstić information content (AvgIpc) is 2.41. The van der Waals surface area contributed by atoms with Crippen LogP contribution in [0.2, 0.25) is 0 Å². The molecule has 0 bridgehead atoms. The van der Waals surface area contributed by atoms with Crippen molar-refractivity contribution in [1.29, 1.82) is 0 Å². The van der Waals surface area contributed by atoms with Crippen LogP contribution in [0, 0.1) is 0 Å². The van der Waals surface area contributed by atoms with Gasteiger partial charge in [0, 0.05) is 33.2 Å². The summed E-state index contributed by atoms with van der Waals surface area (Å²) in [6, 6.07) is -0.800. The molecule has 0 aromatic carbocycles. The summed E-state index contributed by atoms with van der Waals surface area (Å²) < 4.78 is 21.4. The first-order valence-corrected chi connectivity index (χ1v) is 7.78. The molecule has 1 aliphatic rings. The molecule has 1 rings (SSSR count). The first-order valence-electron chi connectivity index (χ1n) is 6.65. The maximum atomic E-state index is 11.4. The van der Waals surface area contributed by atoms with Crippen molar-refractivity contribution in [2.45, 2.75) is 51.4 Å². The van der Waals surface area contributed by atoms with Gasteiger partial charge in [-0.2, -0.15) is 0 Å². The lowest BCUT2D eigenvalue weighted by Gasteiger charge is -2.44. The largest absolute Gasteiger partial charge is 0.456 e. The Bertz CT molecular complexity index is 401. The zero-order valence-corrected chi connectivity index (χ0v) is 14.4. The Morgan fingerprint density at radius 1 is 1.09 bits per heavy atom. The summed E-state index contributed by atoms with van der Waals surface area (Å²) in [6.45, 7) is 3.79. The predicted molar refractivity (Wildman–Crippen MR) is 78.2 cm³/mol. The Morgan fingerprint density at radius 3 is 2.05 bits per heavy atom. The van der Waals surface area contributed by atoms with Gasteiger partial charge in [-0.25, -0.2) is 0 Å². The Balaban J connectivity index is 3.14. The SMILES string of the molecule is CO[C@H]1O[C@H](CBr)[C@@H](OC(C)=O)[C@H](OC(C)=O)[C@H]1NC(C)=O. The molecule has 0 aliphatic carbocycles. The third kappa shape index (κ3) is 4.92. The fourth-order valence-corrected chi connectivity index (χ4v) is 2.80. The fraction of sp³-hybridized carbons (Fsp3) is 0.769. The number of halogens is 1. The van der Waals surface area contributed by atoms with Crippen LogP contribution in [0.5, 0.6) is 0 Å². The van der Waals surface area contributed by atoms with Crippen molar-refractivity contribution in [3.8, 4) is 0 Å². The molecule has 22 heavy (non-hydrogen) atoms. The van der Waals surface area contributed by atoms with Gasteiger partial charge in [0.15, 0.2) is 18.5 Å². The van der Waals surface area contributed by atoms with E-state index in [1.807, 2.05) is 0 Å². The van der Waals surface area contributed by atoms with Crippen LogP contribution in [-0.4, -0.2) is 60.9 Å². The highest BCUT2D eigenvalue weighted by molar-refractivity contribution is 9.09. The molecule has 0 aromatic rings. The molecule has 1 amide bonds. The van der Waals surface area contributed by atoms with Crippen molar-refractivity contribution in [2.24, 2.45) is 0 Å². The second-order valence-corrected chi connectivity index (χ2v) is 5.45. The number of ether oxygens (including phenoxy) is 4. The minimum Gasteiger partial charge on any atom is -0.456 e. The number of hydrogen-bond acceptors (Lipinski definition) is 7. The van der Waals surface area contributed by atoms with Gasteiger partial charge >= 0.3 is 11.9 Å². The second-order valence-electron chi connectivity index (χ2n) is 4.81. The Morgan fingerprint density at radius 2 is 1.64 bits per heavy atom. The number of carbonyl (C=O) groups is 3. The van der Waals surface area contributed by atoms with Gasteiger partial charge in [-0.15, -0.1) is 0 Å². The lowest BCUT2D eigenvalue weighted by Crippen LogP contribution is -2.66. The quantitative estimate of drug-likeness (QED) is 0.533. The van der Waals surface area contributed by atoms with Crippen molar-refractivity contribution >= 4 is 33.8 Å². The highest BCUT2D eigenvalue weighted by atomic mass is 79.9. The second kappa shape index (κ2) is 8.44. The van der Waals surface area contributed by atoms with Crippen LogP contribution in [0.1, 0.15) is 20.8 Å². The molecule has 0 unspecified atom stereocenters. The molecule has 5 atom stereocenters. The van der Waals surface area contributed by atoms with E-state index < -0.39 is 42.6 Å². The predicted octanol–water partition coefficient (Wildman–Crippen LogP) is 0.121. The van der Waals surface area contributed by atoms with Gasteiger partial charge in [-0.3, -0.25) is 14.4 Å². The third-order valence-electron chi connectivity index (χ3n) is 3.00. The highest BCUT2D eigenvalue weighted by Crippen LogP contribution is 2.28. The monoisotopic (exact) mass is 381 g/mol. The number of nitrogens with one attached hydrogen (secondary N) is 1. The minimum absolute atomic E-state index is 0.329. The Kier molecular flexibility index (Phi) is 7.24. The van der Waals surface area contributed by atoms with Crippen LogP contribution < -0.4 is 5.32 Å². The highest BCUT2D eigenvalue weighted by Gasteiger charge is 2.50. The molecular weight excluding hydrogens is 362 g/mol. The molecule has 1 N–H and O–H groups in total. The van der Waals surface area contributed by atoms with Crippen LogP contribution in [-0.2, 0) is 33.3 Å². The molecule has 1 aliphatic heterocycles. The lowest BCUT2D eigenvalue weighted by atomic mass is 9.96. The normalized spacial score (nSPS) is 31.2. The number of hydrogen-bond donors (Lipinski definition) is 1. The molecule has 1 heterocycles. The van der Waals surface area contributed by atoms with E-state index in [9.17, 15) is 14.4 Å². The first-order chi connectivity index (χ1) is 10.3. The van der Waals surface area contributed by atoms with E-state index in [0.29, 0.717) is 5.33 Å². The molecule has 0 aromatic heterocycles. The van der Waals surface area contributed by atoms with Crippen LogP contribution in [0.15, 0.2) is 0 Å². The zero-order chi connectivity index (χ0) is 16.9. The van der Waals surface area contributed by atoms with Crippen molar-refractivity contribution < 1.29 is 33.3 Å². The van der Waals surface area contributed by atoms with Crippen molar-refractivity contribution in [2.75, 3.05) is 12.4 Å². The van der Waals surface area contributed by atoms with Crippen LogP contribution >= 0.6 is 15.9 Å². The fourth-order valence-electron chi connectivity index (χ4n) is 2.28. The molecule has 1 saturated heterocycles. The van der Waals surface area contributed by atoms with Crippen LogP contribution in [0.4, 0.5) is 0 Å². The van der Waals surface area contributed by atoms with Crippen LogP contribution in [0.3, 0.4) is 0 Å². The lowest BCUT2D eigenvalue weighted by molar-refractivity contribution is -0.260. The number of alkyl halides is 1. The summed E-state index contributed by atoms with van der Waals surface area (Å²) in [6.07, 6.45) is -3.23. The van der Waals surface area contributed by atoms with Gasteiger partial charge in [0.05, 0.1) is 0 Å². The summed E-state index contributed by atoms with van der Waals surface area (Å²) in [7, 11) is 1.40. The maximum absolute atomic E-state index is 11.4. The summed E-state index contributed by atoms with van der Waals surface area (Å²) in [5.41, 5.74) is 0. The molecular formula is C13H20BrNO7. The number of amides is 1. The van der Waals surface area contributed by atoms with Gasteiger partial charge in [0.1, 0.15) is 12.1 Å². The number of esters is 2. The summed E-state index contributed by atoms with van der Waals surface area (Å²) in [4.78, 5) is 34.1. The summed E-state index contributed by atoms with van der Waals surface area (Å²) in [5.74, 6) is -1.47. The first kappa shape index (κ1) is 18.9. The van der Waals surface area contributed by atoms with Gasteiger partial charge in [0.25, 0.3) is 0 Å². The van der Waals surface area contributed by atoms with Crippen molar-refractivity contribution in [3.05, 3.63) is 0 Å². The third-order valence-corrected chi connectivity index (χ3v) is 3.64. The van der Waals surface area contributed by atoms with E-state index in [-0.39, 0.29) is 5.91 Å². The molecule has 0 spiro atoms.